The van der Waals surface area contributed by atoms with Crippen LogP contribution in [-0.4, -0.2) is 60.9 Å². The lowest BCUT2D eigenvalue weighted by molar-refractivity contribution is 0.0567. The Labute approximate surface area is 192 Å². The van der Waals surface area contributed by atoms with E-state index in [2.05, 4.69) is 41.0 Å². The van der Waals surface area contributed by atoms with Gasteiger partial charge in [-0.25, -0.2) is 0 Å². The van der Waals surface area contributed by atoms with Crippen molar-refractivity contribution < 1.29 is 14.6 Å². The van der Waals surface area contributed by atoms with Crippen molar-refractivity contribution >= 4 is 0 Å². The minimum absolute atomic E-state index is 0.309. The predicted molar refractivity (Wildman–Crippen MR) is 128 cm³/mol. The molecule has 1 unspecified atom stereocenters. The smallest absolute Gasteiger partial charge is 0.120 e. The lowest BCUT2D eigenvalue weighted by Gasteiger charge is -2.36. The van der Waals surface area contributed by atoms with Gasteiger partial charge >= 0.3 is 0 Å². The standard InChI is InChI=1S/C27H38N2O3/c1-21-6-3-4-7-23(21)18-28-13-11-22(12-14-28)17-29(20-26-8-5-15-32-26)19-24-16-25(31-2)9-10-27(24)30/h3-4,6-7,9-10,16,22,26,30H,5,8,11-15,17-20H2,1-2H3. The van der Waals surface area contributed by atoms with E-state index in [0.717, 1.165) is 70.0 Å². The second kappa shape index (κ2) is 11.2. The topological polar surface area (TPSA) is 45.2 Å². The van der Waals surface area contributed by atoms with Gasteiger partial charge in [0.15, 0.2) is 0 Å². The van der Waals surface area contributed by atoms with Crippen LogP contribution in [-0.2, 0) is 17.8 Å². The fraction of sp³-hybridized carbons (Fsp3) is 0.556. The number of phenols is 1. The molecule has 0 spiro atoms. The normalized spacial score (nSPS) is 20.2. The van der Waals surface area contributed by atoms with E-state index >= 15 is 0 Å². The molecule has 0 amide bonds. The summed E-state index contributed by atoms with van der Waals surface area (Å²) in [5.74, 6) is 1.81. The van der Waals surface area contributed by atoms with E-state index in [0.29, 0.717) is 17.8 Å². The first-order valence-electron chi connectivity index (χ1n) is 12.1. The zero-order valence-corrected chi connectivity index (χ0v) is 19.6. The number of aryl methyl sites for hydroxylation is 1. The second-order valence-electron chi connectivity index (χ2n) is 9.47. The van der Waals surface area contributed by atoms with Gasteiger partial charge in [0.2, 0.25) is 0 Å². The molecule has 5 nitrogen and oxygen atoms in total. The fourth-order valence-corrected chi connectivity index (χ4v) is 5.06. The first kappa shape index (κ1) is 23.1. The van der Waals surface area contributed by atoms with E-state index in [1.54, 1.807) is 13.2 Å². The van der Waals surface area contributed by atoms with Crippen LogP contribution in [0.3, 0.4) is 0 Å². The molecule has 2 aliphatic heterocycles. The van der Waals surface area contributed by atoms with Gasteiger partial charge in [-0.3, -0.25) is 9.80 Å². The Balaban J connectivity index is 1.35. The van der Waals surface area contributed by atoms with E-state index in [-0.39, 0.29) is 0 Å². The Kier molecular flexibility index (Phi) is 8.06. The molecular weight excluding hydrogens is 400 g/mol. The zero-order valence-electron chi connectivity index (χ0n) is 19.6. The van der Waals surface area contributed by atoms with Gasteiger partial charge in [-0.2, -0.15) is 0 Å². The quantitative estimate of drug-likeness (QED) is 0.620. The SMILES string of the molecule is COc1ccc(O)c(CN(CC2CCN(Cc3ccccc3C)CC2)CC2CCCO2)c1. The number of benzene rings is 2. The Bertz CT molecular complexity index is 858. The average Bonchev–Trinajstić information content (AvgIpc) is 3.31. The first-order chi connectivity index (χ1) is 15.6. The molecule has 0 saturated carbocycles. The maximum Gasteiger partial charge on any atom is 0.120 e. The summed E-state index contributed by atoms with van der Waals surface area (Å²) in [6.07, 6.45) is 5.04. The number of likely N-dealkylation sites (tertiary alicyclic amines) is 1. The number of hydrogen-bond donors (Lipinski definition) is 1. The molecule has 174 valence electrons. The third-order valence-corrected chi connectivity index (χ3v) is 7.05. The number of methoxy groups -OCH3 is 1. The summed E-state index contributed by atoms with van der Waals surface area (Å²) >= 11 is 0. The van der Waals surface area contributed by atoms with Crippen LogP contribution in [0.25, 0.3) is 0 Å². The second-order valence-corrected chi connectivity index (χ2v) is 9.47. The van der Waals surface area contributed by atoms with Gasteiger partial charge in [-0.1, -0.05) is 24.3 Å². The molecule has 2 aromatic rings. The van der Waals surface area contributed by atoms with Gasteiger partial charge in [-0.15, -0.1) is 0 Å². The largest absolute Gasteiger partial charge is 0.508 e. The van der Waals surface area contributed by atoms with E-state index in [1.807, 2.05) is 12.1 Å². The van der Waals surface area contributed by atoms with Gasteiger partial charge in [0.05, 0.1) is 13.2 Å². The van der Waals surface area contributed by atoms with E-state index in [4.69, 9.17) is 9.47 Å². The van der Waals surface area contributed by atoms with Crippen molar-refractivity contribution in [1.82, 2.24) is 9.80 Å². The maximum atomic E-state index is 10.4. The molecule has 4 rings (SSSR count). The monoisotopic (exact) mass is 438 g/mol. The summed E-state index contributed by atoms with van der Waals surface area (Å²) in [6.45, 7) is 9.14. The molecule has 0 radical (unpaired) electrons. The minimum atomic E-state index is 0.309. The molecule has 32 heavy (non-hydrogen) atoms. The summed E-state index contributed by atoms with van der Waals surface area (Å²) in [5.41, 5.74) is 3.76. The van der Waals surface area contributed by atoms with Crippen molar-refractivity contribution in [2.75, 3.05) is 39.9 Å². The maximum absolute atomic E-state index is 10.4. The number of hydrogen-bond acceptors (Lipinski definition) is 5. The van der Waals surface area contributed by atoms with Crippen molar-refractivity contribution in [3.63, 3.8) is 0 Å². The molecule has 0 bridgehead atoms. The number of rotatable bonds is 9. The molecule has 2 saturated heterocycles. The molecule has 0 aliphatic carbocycles. The molecule has 2 aliphatic rings. The van der Waals surface area contributed by atoms with E-state index in [1.165, 1.54) is 24.0 Å². The van der Waals surface area contributed by atoms with Crippen molar-refractivity contribution in [3.8, 4) is 11.5 Å². The summed E-state index contributed by atoms with van der Waals surface area (Å²) in [7, 11) is 1.67. The molecule has 1 atom stereocenters. The number of ether oxygens (including phenoxy) is 2. The van der Waals surface area contributed by atoms with Crippen LogP contribution >= 0.6 is 0 Å². The third-order valence-electron chi connectivity index (χ3n) is 7.05. The molecule has 2 aromatic carbocycles. The molecule has 1 N–H and O–H groups in total. The lowest BCUT2D eigenvalue weighted by Crippen LogP contribution is -2.40. The predicted octanol–water partition coefficient (Wildman–Crippen LogP) is 4.60. The minimum Gasteiger partial charge on any atom is -0.508 e. The van der Waals surface area contributed by atoms with Crippen molar-refractivity contribution in [2.45, 2.75) is 51.8 Å². The number of aromatic hydroxyl groups is 1. The average molecular weight is 439 g/mol. The van der Waals surface area contributed by atoms with Crippen LogP contribution < -0.4 is 4.74 Å². The van der Waals surface area contributed by atoms with Crippen LogP contribution in [0.2, 0.25) is 0 Å². The van der Waals surface area contributed by atoms with Gasteiger partial charge in [0.25, 0.3) is 0 Å². The summed E-state index contributed by atoms with van der Waals surface area (Å²) in [4.78, 5) is 5.09. The first-order valence-corrected chi connectivity index (χ1v) is 12.1. The third kappa shape index (κ3) is 6.25. The van der Waals surface area contributed by atoms with Gasteiger partial charge in [0, 0.05) is 38.3 Å². The highest BCUT2D eigenvalue weighted by molar-refractivity contribution is 5.39. The van der Waals surface area contributed by atoms with Crippen molar-refractivity contribution in [2.24, 2.45) is 5.92 Å². The lowest BCUT2D eigenvalue weighted by atomic mass is 9.95. The van der Waals surface area contributed by atoms with E-state index < -0.39 is 0 Å². The number of nitrogens with zero attached hydrogens (tertiary/aromatic N) is 2. The van der Waals surface area contributed by atoms with Crippen LogP contribution in [0.15, 0.2) is 42.5 Å². The van der Waals surface area contributed by atoms with Crippen LogP contribution in [0.4, 0.5) is 0 Å². The van der Waals surface area contributed by atoms with Crippen LogP contribution in [0.5, 0.6) is 11.5 Å². The Morgan fingerprint density at radius 1 is 1.06 bits per heavy atom. The highest BCUT2D eigenvalue weighted by atomic mass is 16.5. The Morgan fingerprint density at radius 3 is 2.59 bits per heavy atom. The van der Waals surface area contributed by atoms with E-state index in [9.17, 15) is 5.11 Å². The Morgan fingerprint density at radius 2 is 1.88 bits per heavy atom. The van der Waals surface area contributed by atoms with Gasteiger partial charge in [0.1, 0.15) is 11.5 Å². The summed E-state index contributed by atoms with van der Waals surface area (Å²) in [5, 5.41) is 10.4. The fourth-order valence-electron chi connectivity index (χ4n) is 5.06. The van der Waals surface area contributed by atoms with Gasteiger partial charge in [-0.05, 0) is 80.9 Å². The number of phenolic OH excluding ortho intramolecular Hbond substituents is 1. The highest BCUT2D eigenvalue weighted by Crippen LogP contribution is 2.27. The van der Waals surface area contributed by atoms with Crippen LogP contribution in [0, 0.1) is 12.8 Å². The zero-order chi connectivity index (χ0) is 22.3. The highest BCUT2D eigenvalue weighted by Gasteiger charge is 2.25. The summed E-state index contributed by atoms with van der Waals surface area (Å²) < 4.78 is 11.3. The molecule has 5 heteroatoms. The molecule has 2 fully saturated rings. The van der Waals surface area contributed by atoms with Crippen LogP contribution in [0.1, 0.15) is 42.4 Å². The molecule has 0 aromatic heterocycles. The molecular formula is C27H38N2O3. The van der Waals surface area contributed by atoms with Gasteiger partial charge < -0.3 is 14.6 Å². The van der Waals surface area contributed by atoms with Crippen molar-refractivity contribution in [1.29, 1.82) is 0 Å². The summed E-state index contributed by atoms with van der Waals surface area (Å²) in [6, 6.07) is 14.2. The number of piperidine rings is 1. The molecule has 2 heterocycles. The van der Waals surface area contributed by atoms with Crippen molar-refractivity contribution in [3.05, 3.63) is 59.2 Å². The Hall–Kier alpha value is -2.08.